The van der Waals surface area contributed by atoms with Crippen LogP contribution < -0.4 is 10.6 Å². The van der Waals surface area contributed by atoms with Crippen molar-refractivity contribution in [3.63, 3.8) is 0 Å². The van der Waals surface area contributed by atoms with Crippen molar-refractivity contribution in [1.29, 1.82) is 0 Å². The molecule has 20 heavy (non-hydrogen) atoms. The summed E-state index contributed by atoms with van der Waals surface area (Å²) >= 11 is 0. The molecule has 0 saturated heterocycles. The third-order valence-corrected chi connectivity index (χ3v) is 4.99. The molecule has 0 amide bonds. The summed E-state index contributed by atoms with van der Waals surface area (Å²) in [7, 11) is 0. The van der Waals surface area contributed by atoms with Gasteiger partial charge in [-0.2, -0.15) is 0 Å². The third kappa shape index (κ3) is 1.80. The first-order chi connectivity index (χ1) is 9.51. The highest BCUT2D eigenvalue weighted by molar-refractivity contribution is 5.87. The first kappa shape index (κ1) is 12.1. The van der Waals surface area contributed by atoms with Crippen molar-refractivity contribution in [2.45, 2.75) is 50.1 Å². The number of aromatic nitrogens is 1. The summed E-state index contributed by atoms with van der Waals surface area (Å²) in [4.78, 5) is 15.7. The minimum Gasteiger partial charge on any atom is -0.477 e. The van der Waals surface area contributed by atoms with Crippen molar-refractivity contribution in [2.24, 2.45) is 0 Å². The quantitative estimate of drug-likeness (QED) is 0.781. The van der Waals surface area contributed by atoms with Gasteiger partial charge in [0.2, 0.25) is 0 Å². The van der Waals surface area contributed by atoms with Gasteiger partial charge in [-0.3, -0.25) is 0 Å². The van der Waals surface area contributed by atoms with Gasteiger partial charge in [0, 0.05) is 24.0 Å². The van der Waals surface area contributed by atoms with Crippen LogP contribution in [0.15, 0.2) is 6.07 Å². The van der Waals surface area contributed by atoms with Crippen molar-refractivity contribution >= 4 is 11.7 Å². The largest absolute Gasteiger partial charge is 0.477 e. The van der Waals surface area contributed by atoms with Gasteiger partial charge in [-0.15, -0.1) is 0 Å². The van der Waals surface area contributed by atoms with Crippen molar-refractivity contribution in [2.75, 3.05) is 11.9 Å². The Morgan fingerprint density at radius 1 is 1.45 bits per heavy atom. The van der Waals surface area contributed by atoms with Crippen molar-refractivity contribution < 1.29 is 9.90 Å². The smallest absolute Gasteiger partial charge is 0.354 e. The van der Waals surface area contributed by atoms with Gasteiger partial charge < -0.3 is 15.7 Å². The zero-order valence-electron chi connectivity index (χ0n) is 11.6. The second-order valence-electron chi connectivity index (χ2n) is 6.74. The fourth-order valence-electron chi connectivity index (χ4n) is 3.01. The number of carbonyl (C=O) groups is 1. The maximum Gasteiger partial charge on any atom is 0.354 e. The number of anilines is 1. The third-order valence-electron chi connectivity index (χ3n) is 4.99. The van der Waals surface area contributed by atoms with E-state index in [0.29, 0.717) is 6.54 Å². The molecule has 0 bridgehead atoms. The standard InChI is InChI=1S/C15H19N3O2/c1-14(2-3-14)17-7-9-6-10(13(19)20)18-12-11(9)16-8-15(12)4-5-15/h6,16-17H,2-5,7-8H2,1H3,(H,19,20). The molecule has 1 aromatic heterocycles. The molecule has 0 unspecified atom stereocenters. The number of nitrogens with one attached hydrogen (secondary N) is 2. The van der Waals surface area contributed by atoms with Crippen molar-refractivity contribution in [3.8, 4) is 0 Å². The van der Waals surface area contributed by atoms with E-state index in [2.05, 4.69) is 22.5 Å². The van der Waals surface area contributed by atoms with E-state index in [-0.39, 0.29) is 16.6 Å². The number of pyridine rings is 1. The normalized spacial score (nSPS) is 23.2. The molecule has 2 aliphatic carbocycles. The first-order valence-corrected chi connectivity index (χ1v) is 7.28. The van der Waals surface area contributed by atoms with Gasteiger partial charge in [0.1, 0.15) is 5.69 Å². The van der Waals surface area contributed by atoms with Gasteiger partial charge in [-0.1, -0.05) is 0 Å². The number of rotatable bonds is 4. The highest BCUT2D eigenvalue weighted by Gasteiger charge is 2.51. The van der Waals surface area contributed by atoms with Crippen LogP contribution in [-0.2, 0) is 12.0 Å². The van der Waals surface area contributed by atoms with Crippen LogP contribution in [0.3, 0.4) is 0 Å². The Kier molecular flexibility index (Phi) is 2.26. The SMILES string of the molecule is CC1(NCc2cc(C(=O)O)nc3c2NCC32CC2)CC1. The highest BCUT2D eigenvalue weighted by Crippen LogP contribution is 2.54. The van der Waals surface area contributed by atoms with Crippen LogP contribution >= 0.6 is 0 Å². The van der Waals surface area contributed by atoms with E-state index in [9.17, 15) is 9.90 Å². The fraction of sp³-hybridized carbons (Fsp3) is 0.600. The van der Waals surface area contributed by atoms with Crippen LogP contribution in [0.4, 0.5) is 5.69 Å². The van der Waals surface area contributed by atoms with E-state index in [1.807, 2.05) is 0 Å². The first-order valence-electron chi connectivity index (χ1n) is 7.28. The lowest BCUT2D eigenvalue weighted by Crippen LogP contribution is -2.27. The summed E-state index contributed by atoms with van der Waals surface area (Å²) in [5, 5.41) is 16.2. The van der Waals surface area contributed by atoms with Crippen LogP contribution in [0, 0.1) is 0 Å². The van der Waals surface area contributed by atoms with Crippen molar-refractivity contribution in [1.82, 2.24) is 10.3 Å². The number of hydrogen-bond acceptors (Lipinski definition) is 4. The number of hydrogen-bond donors (Lipinski definition) is 3. The average molecular weight is 273 g/mol. The second-order valence-corrected chi connectivity index (χ2v) is 6.74. The Balaban J connectivity index is 1.71. The molecule has 0 atom stereocenters. The highest BCUT2D eigenvalue weighted by atomic mass is 16.4. The second kappa shape index (κ2) is 3.73. The van der Waals surface area contributed by atoms with E-state index in [4.69, 9.17) is 0 Å². The van der Waals surface area contributed by atoms with Gasteiger partial charge in [0.05, 0.1) is 11.4 Å². The monoisotopic (exact) mass is 273 g/mol. The molecule has 2 fully saturated rings. The molecule has 1 aromatic rings. The summed E-state index contributed by atoms with van der Waals surface area (Å²) in [5.41, 5.74) is 3.65. The van der Waals surface area contributed by atoms with Crippen LogP contribution in [0.2, 0.25) is 0 Å². The van der Waals surface area contributed by atoms with E-state index >= 15 is 0 Å². The molecule has 3 aliphatic rings. The van der Waals surface area contributed by atoms with Gasteiger partial charge >= 0.3 is 5.97 Å². The topological polar surface area (TPSA) is 74.2 Å². The summed E-state index contributed by atoms with van der Waals surface area (Å²) in [6.07, 6.45) is 4.63. The maximum absolute atomic E-state index is 11.3. The lowest BCUT2D eigenvalue weighted by molar-refractivity contribution is 0.0690. The van der Waals surface area contributed by atoms with Gasteiger partial charge in [0.15, 0.2) is 0 Å². The molecule has 1 aliphatic heterocycles. The van der Waals surface area contributed by atoms with Crippen LogP contribution in [-0.4, -0.2) is 28.1 Å². The minimum absolute atomic E-state index is 0.124. The van der Waals surface area contributed by atoms with Crippen LogP contribution in [0.1, 0.15) is 54.4 Å². The molecule has 0 radical (unpaired) electrons. The lowest BCUT2D eigenvalue weighted by Gasteiger charge is -2.15. The summed E-state index contributed by atoms with van der Waals surface area (Å²) in [6, 6.07) is 1.72. The Hall–Kier alpha value is -1.62. The Labute approximate surface area is 117 Å². The number of fused-ring (bicyclic) bond motifs is 2. The fourth-order valence-corrected chi connectivity index (χ4v) is 3.01. The van der Waals surface area contributed by atoms with Gasteiger partial charge in [-0.05, 0) is 44.2 Å². The lowest BCUT2D eigenvalue weighted by atomic mass is 10.0. The van der Waals surface area contributed by atoms with E-state index in [1.165, 1.54) is 12.8 Å². The van der Waals surface area contributed by atoms with Gasteiger partial charge in [-0.25, -0.2) is 9.78 Å². The zero-order valence-corrected chi connectivity index (χ0v) is 11.6. The van der Waals surface area contributed by atoms with Crippen LogP contribution in [0.5, 0.6) is 0 Å². The number of nitrogens with zero attached hydrogens (tertiary/aromatic N) is 1. The molecule has 4 rings (SSSR count). The molecular weight excluding hydrogens is 254 g/mol. The maximum atomic E-state index is 11.3. The van der Waals surface area contributed by atoms with Crippen LogP contribution in [0.25, 0.3) is 0 Å². The average Bonchev–Trinajstić information content (AvgIpc) is 3.30. The molecule has 5 heteroatoms. The van der Waals surface area contributed by atoms with E-state index in [1.54, 1.807) is 6.07 Å². The summed E-state index contributed by atoms with van der Waals surface area (Å²) < 4.78 is 0. The number of carboxylic acids is 1. The zero-order chi connectivity index (χ0) is 14.0. The van der Waals surface area contributed by atoms with Crippen molar-refractivity contribution in [3.05, 3.63) is 23.0 Å². The summed E-state index contributed by atoms with van der Waals surface area (Å²) in [6.45, 7) is 3.83. The Morgan fingerprint density at radius 2 is 2.20 bits per heavy atom. The molecule has 0 aromatic carbocycles. The minimum atomic E-state index is -0.936. The number of aromatic carboxylic acids is 1. The Bertz CT molecular complexity index is 603. The molecule has 106 valence electrons. The molecule has 5 nitrogen and oxygen atoms in total. The number of carboxylic acid groups (broad SMARTS) is 1. The molecule has 2 saturated carbocycles. The predicted molar refractivity (Wildman–Crippen MR) is 75.1 cm³/mol. The molecular formula is C15H19N3O2. The molecule has 1 spiro atoms. The van der Waals surface area contributed by atoms with E-state index in [0.717, 1.165) is 36.3 Å². The Morgan fingerprint density at radius 3 is 2.80 bits per heavy atom. The molecule has 3 N–H and O–H groups in total. The summed E-state index contributed by atoms with van der Waals surface area (Å²) in [5.74, 6) is -0.936. The van der Waals surface area contributed by atoms with Gasteiger partial charge in [0.25, 0.3) is 0 Å². The molecule has 2 heterocycles. The van der Waals surface area contributed by atoms with E-state index < -0.39 is 5.97 Å². The predicted octanol–water partition coefficient (Wildman–Crippen LogP) is 1.88.